The van der Waals surface area contributed by atoms with Gasteiger partial charge in [0.25, 0.3) is 11.8 Å². The van der Waals surface area contributed by atoms with Gasteiger partial charge in [0.1, 0.15) is 17.3 Å². The molecular weight excluding hydrogens is 355 g/mol. The predicted molar refractivity (Wildman–Crippen MR) is 94.5 cm³/mol. The number of hydroxylamine groups is 1. The van der Waals surface area contributed by atoms with E-state index in [4.69, 9.17) is 14.7 Å². The molecule has 0 radical (unpaired) electrons. The Morgan fingerprint density at radius 3 is 2.67 bits per heavy atom. The van der Waals surface area contributed by atoms with E-state index in [2.05, 4.69) is 0 Å². The number of hydrogen-bond acceptors (Lipinski definition) is 5. The van der Waals surface area contributed by atoms with Gasteiger partial charge in [-0.2, -0.15) is 0 Å². The van der Waals surface area contributed by atoms with Crippen LogP contribution in [0.5, 0.6) is 11.5 Å². The summed E-state index contributed by atoms with van der Waals surface area (Å²) >= 11 is 0. The fourth-order valence-electron chi connectivity index (χ4n) is 2.88. The predicted octanol–water partition coefficient (Wildman–Crippen LogP) is 2.66. The first-order chi connectivity index (χ1) is 12.8. The molecule has 7 nitrogen and oxygen atoms in total. The summed E-state index contributed by atoms with van der Waals surface area (Å²) in [6.07, 6.45) is 0. The Bertz CT molecular complexity index is 913. The van der Waals surface area contributed by atoms with Crippen LogP contribution in [0.4, 0.5) is 10.1 Å². The normalized spacial score (nSPS) is 15.0. The van der Waals surface area contributed by atoms with Crippen molar-refractivity contribution in [3.05, 3.63) is 53.3 Å². The van der Waals surface area contributed by atoms with Crippen molar-refractivity contribution in [1.29, 1.82) is 0 Å². The van der Waals surface area contributed by atoms with Crippen molar-refractivity contribution in [2.45, 2.75) is 26.0 Å². The van der Waals surface area contributed by atoms with E-state index in [-0.39, 0.29) is 23.6 Å². The van der Waals surface area contributed by atoms with Gasteiger partial charge in [0.05, 0.1) is 19.3 Å². The number of rotatable bonds is 4. The lowest BCUT2D eigenvalue weighted by molar-refractivity contribution is -0.132. The van der Waals surface area contributed by atoms with Gasteiger partial charge in [-0.25, -0.2) is 9.87 Å². The van der Waals surface area contributed by atoms with Crippen LogP contribution >= 0.6 is 0 Å². The SMILES string of the molecule is COc1ccc(CN2C(=O)C(C)(C)Oc3ccc(C(=O)NO)cc32)c(F)c1. The molecule has 2 amide bonds. The standard InChI is InChI=1S/C19H19FN2O5/c1-19(2)18(24)22(10-12-4-6-13(26-3)9-14(12)20)15-8-11(17(23)21-25)5-7-16(15)27-19/h4-9,25H,10H2,1-3H3,(H,21,23). The fourth-order valence-corrected chi connectivity index (χ4v) is 2.88. The Morgan fingerprint density at radius 1 is 1.30 bits per heavy atom. The zero-order valence-electron chi connectivity index (χ0n) is 15.1. The molecule has 0 spiro atoms. The van der Waals surface area contributed by atoms with Crippen molar-refractivity contribution in [3.8, 4) is 11.5 Å². The molecular formula is C19H19FN2O5. The number of ether oxygens (including phenoxy) is 2. The van der Waals surface area contributed by atoms with Gasteiger partial charge in [-0.1, -0.05) is 6.07 Å². The Balaban J connectivity index is 2.05. The first-order valence-electron chi connectivity index (χ1n) is 8.18. The topological polar surface area (TPSA) is 88.1 Å². The smallest absolute Gasteiger partial charge is 0.274 e. The summed E-state index contributed by atoms with van der Waals surface area (Å²) in [5.41, 5.74) is 1.12. The van der Waals surface area contributed by atoms with Crippen molar-refractivity contribution in [2.24, 2.45) is 0 Å². The van der Waals surface area contributed by atoms with Crippen LogP contribution in [0, 0.1) is 5.82 Å². The van der Waals surface area contributed by atoms with E-state index in [9.17, 15) is 14.0 Å². The molecule has 2 N–H and O–H groups in total. The van der Waals surface area contributed by atoms with Crippen molar-refractivity contribution >= 4 is 17.5 Å². The number of halogens is 1. The molecule has 3 rings (SSSR count). The number of benzene rings is 2. The quantitative estimate of drug-likeness (QED) is 0.635. The second-order valence-electron chi connectivity index (χ2n) is 6.58. The summed E-state index contributed by atoms with van der Waals surface area (Å²) in [5.74, 6) is -0.884. The largest absolute Gasteiger partial charge is 0.497 e. The van der Waals surface area contributed by atoms with Crippen LogP contribution in [-0.4, -0.2) is 29.7 Å². The van der Waals surface area contributed by atoms with E-state index in [0.29, 0.717) is 17.2 Å². The van der Waals surface area contributed by atoms with Crippen LogP contribution in [-0.2, 0) is 11.3 Å². The number of hydrogen-bond donors (Lipinski definition) is 2. The molecule has 0 aromatic heterocycles. The van der Waals surface area contributed by atoms with Gasteiger partial charge >= 0.3 is 0 Å². The molecule has 0 saturated carbocycles. The van der Waals surface area contributed by atoms with Crippen LogP contribution in [0.2, 0.25) is 0 Å². The Morgan fingerprint density at radius 2 is 2.04 bits per heavy atom. The monoisotopic (exact) mass is 374 g/mol. The lowest BCUT2D eigenvalue weighted by Gasteiger charge is -2.39. The number of nitrogens with one attached hydrogen (secondary N) is 1. The van der Waals surface area contributed by atoms with E-state index in [0.717, 1.165) is 0 Å². The van der Waals surface area contributed by atoms with E-state index in [1.165, 1.54) is 42.3 Å². The van der Waals surface area contributed by atoms with Gasteiger partial charge in [0.2, 0.25) is 0 Å². The van der Waals surface area contributed by atoms with Gasteiger partial charge in [-0.15, -0.1) is 0 Å². The van der Waals surface area contributed by atoms with Crippen LogP contribution in [0.15, 0.2) is 36.4 Å². The molecule has 2 aromatic carbocycles. The Labute approximate surface area is 155 Å². The summed E-state index contributed by atoms with van der Waals surface area (Å²) in [6.45, 7) is 3.17. The van der Waals surface area contributed by atoms with E-state index in [1.807, 2.05) is 0 Å². The van der Waals surface area contributed by atoms with Gasteiger partial charge < -0.3 is 14.4 Å². The van der Waals surface area contributed by atoms with Crippen LogP contribution in [0.1, 0.15) is 29.8 Å². The van der Waals surface area contributed by atoms with Gasteiger partial charge in [0.15, 0.2) is 5.60 Å². The van der Waals surface area contributed by atoms with Gasteiger partial charge in [0, 0.05) is 17.2 Å². The molecule has 0 bridgehead atoms. The molecule has 2 aromatic rings. The molecule has 8 heteroatoms. The van der Waals surface area contributed by atoms with E-state index in [1.54, 1.807) is 25.4 Å². The van der Waals surface area contributed by atoms with Crippen molar-refractivity contribution in [3.63, 3.8) is 0 Å². The van der Waals surface area contributed by atoms with E-state index < -0.39 is 17.3 Å². The lowest BCUT2D eigenvalue weighted by Crippen LogP contribution is -2.52. The highest BCUT2D eigenvalue weighted by Gasteiger charge is 2.41. The number of carbonyl (C=O) groups excluding carboxylic acids is 2. The van der Waals surface area contributed by atoms with Crippen LogP contribution < -0.4 is 19.9 Å². The maximum atomic E-state index is 14.4. The minimum Gasteiger partial charge on any atom is -0.497 e. The Kier molecular flexibility index (Phi) is 4.75. The maximum Gasteiger partial charge on any atom is 0.274 e. The maximum absolute atomic E-state index is 14.4. The first kappa shape index (κ1) is 18.7. The highest BCUT2D eigenvalue weighted by Crippen LogP contribution is 2.39. The molecule has 0 unspecified atom stereocenters. The first-order valence-corrected chi connectivity index (χ1v) is 8.18. The molecule has 27 heavy (non-hydrogen) atoms. The number of nitrogens with zero attached hydrogens (tertiary/aromatic N) is 1. The summed E-state index contributed by atoms with van der Waals surface area (Å²) in [4.78, 5) is 26.0. The number of amides is 2. The van der Waals surface area contributed by atoms with Gasteiger partial charge in [-0.05, 0) is 38.1 Å². The van der Waals surface area contributed by atoms with E-state index >= 15 is 0 Å². The summed E-state index contributed by atoms with van der Waals surface area (Å²) < 4.78 is 25.1. The number of methoxy groups -OCH3 is 1. The number of anilines is 1. The van der Waals surface area contributed by atoms with Crippen LogP contribution in [0.25, 0.3) is 0 Å². The zero-order chi connectivity index (χ0) is 19.8. The van der Waals surface area contributed by atoms with Gasteiger partial charge in [-0.3, -0.25) is 14.8 Å². The van der Waals surface area contributed by atoms with Crippen molar-refractivity contribution < 1.29 is 28.7 Å². The second-order valence-corrected chi connectivity index (χ2v) is 6.58. The average Bonchev–Trinajstić information content (AvgIpc) is 2.65. The molecule has 0 fully saturated rings. The molecule has 1 aliphatic heterocycles. The molecule has 0 saturated heterocycles. The highest BCUT2D eigenvalue weighted by molar-refractivity contribution is 6.04. The average molecular weight is 374 g/mol. The summed E-state index contributed by atoms with van der Waals surface area (Å²) in [7, 11) is 1.44. The minimum atomic E-state index is -1.16. The minimum absolute atomic E-state index is 0.0569. The van der Waals surface area contributed by atoms with Crippen molar-refractivity contribution in [1.82, 2.24) is 5.48 Å². The second kappa shape index (κ2) is 6.88. The Hall–Kier alpha value is -3.13. The van der Waals surface area contributed by atoms with Crippen molar-refractivity contribution in [2.75, 3.05) is 12.0 Å². The number of carbonyl (C=O) groups is 2. The fraction of sp³-hybridized carbons (Fsp3) is 0.263. The highest BCUT2D eigenvalue weighted by atomic mass is 19.1. The third-order valence-electron chi connectivity index (χ3n) is 4.33. The zero-order valence-corrected chi connectivity index (χ0v) is 15.1. The third kappa shape index (κ3) is 3.43. The third-order valence-corrected chi connectivity index (χ3v) is 4.33. The molecule has 0 aliphatic carbocycles. The lowest BCUT2D eigenvalue weighted by atomic mass is 10.0. The molecule has 1 aliphatic rings. The van der Waals surface area contributed by atoms with Crippen LogP contribution in [0.3, 0.4) is 0 Å². The summed E-state index contributed by atoms with van der Waals surface area (Å²) in [5, 5.41) is 8.84. The number of fused-ring (bicyclic) bond motifs is 1. The molecule has 1 heterocycles. The summed E-state index contributed by atoms with van der Waals surface area (Å²) in [6, 6.07) is 8.78. The molecule has 142 valence electrons. The molecule has 0 atom stereocenters.